The Kier molecular flexibility index (Phi) is 5.70. The molecule has 1 aromatic carbocycles. The molecular formula is C20H26F3NO. The lowest BCUT2D eigenvalue weighted by Crippen LogP contribution is -2.48. The van der Waals surface area contributed by atoms with Crippen LogP contribution in [0.15, 0.2) is 24.3 Å². The molecule has 0 N–H and O–H groups in total. The molecule has 1 amide bonds. The second-order valence-electron chi connectivity index (χ2n) is 7.37. The van der Waals surface area contributed by atoms with Gasteiger partial charge >= 0.3 is 6.18 Å². The first-order valence-electron chi connectivity index (χ1n) is 9.47. The van der Waals surface area contributed by atoms with Gasteiger partial charge in [0.1, 0.15) is 0 Å². The minimum absolute atomic E-state index is 0.0903. The van der Waals surface area contributed by atoms with E-state index >= 15 is 0 Å². The van der Waals surface area contributed by atoms with Crippen molar-refractivity contribution < 1.29 is 18.0 Å². The molecule has 3 rings (SSSR count). The fraction of sp³-hybridized carbons (Fsp3) is 0.650. The second kappa shape index (κ2) is 7.79. The van der Waals surface area contributed by atoms with Crippen LogP contribution in [0.4, 0.5) is 13.2 Å². The van der Waals surface area contributed by atoms with Crippen molar-refractivity contribution in [3.63, 3.8) is 0 Å². The zero-order chi connectivity index (χ0) is 17.9. The van der Waals surface area contributed by atoms with E-state index in [1.165, 1.54) is 25.0 Å². The van der Waals surface area contributed by atoms with Gasteiger partial charge in [-0.25, -0.2) is 0 Å². The zero-order valence-corrected chi connectivity index (χ0v) is 14.5. The lowest BCUT2D eigenvalue weighted by atomic mass is 9.88. The highest BCUT2D eigenvalue weighted by Gasteiger charge is 2.34. The van der Waals surface area contributed by atoms with Gasteiger partial charge in [-0.05, 0) is 49.9 Å². The van der Waals surface area contributed by atoms with Gasteiger partial charge in [0.25, 0.3) is 5.91 Å². The summed E-state index contributed by atoms with van der Waals surface area (Å²) in [6, 6.07) is 5.20. The highest BCUT2D eigenvalue weighted by molar-refractivity contribution is 5.94. The van der Waals surface area contributed by atoms with Crippen LogP contribution in [-0.2, 0) is 6.18 Å². The van der Waals surface area contributed by atoms with Gasteiger partial charge in [-0.1, -0.05) is 38.5 Å². The summed E-state index contributed by atoms with van der Waals surface area (Å²) in [5.74, 6) is -0.0903. The monoisotopic (exact) mass is 353 g/mol. The summed E-state index contributed by atoms with van der Waals surface area (Å²) >= 11 is 0. The molecule has 2 aliphatic carbocycles. The van der Waals surface area contributed by atoms with Gasteiger partial charge in [0.15, 0.2) is 0 Å². The van der Waals surface area contributed by atoms with Crippen LogP contribution in [-0.4, -0.2) is 22.9 Å². The van der Waals surface area contributed by atoms with E-state index in [-0.39, 0.29) is 18.0 Å². The predicted octanol–water partition coefficient (Wildman–Crippen LogP) is 5.81. The zero-order valence-electron chi connectivity index (χ0n) is 14.5. The maximum atomic E-state index is 13.1. The maximum absolute atomic E-state index is 13.1. The lowest BCUT2D eigenvalue weighted by molar-refractivity contribution is -0.137. The fourth-order valence-corrected chi connectivity index (χ4v) is 4.30. The number of nitrogens with zero attached hydrogens (tertiary/aromatic N) is 1. The molecule has 0 bridgehead atoms. The lowest BCUT2D eigenvalue weighted by Gasteiger charge is -2.42. The van der Waals surface area contributed by atoms with E-state index in [0.29, 0.717) is 5.56 Å². The Balaban J connectivity index is 1.82. The highest BCUT2D eigenvalue weighted by Crippen LogP contribution is 2.33. The predicted molar refractivity (Wildman–Crippen MR) is 91.4 cm³/mol. The number of alkyl halides is 3. The van der Waals surface area contributed by atoms with Gasteiger partial charge in [0.05, 0.1) is 5.56 Å². The Morgan fingerprint density at radius 3 is 1.64 bits per heavy atom. The van der Waals surface area contributed by atoms with Crippen molar-refractivity contribution in [1.82, 2.24) is 4.90 Å². The molecule has 2 fully saturated rings. The first-order chi connectivity index (χ1) is 12.0. The fourth-order valence-electron chi connectivity index (χ4n) is 4.30. The van der Waals surface area contributed by atoms with Crippen LogP contribution < -0.4 is 0 Å². The van der Waals surface area contributed by atoms with Crippen LogP contribution in [0.3, 0.4) is 0 Å². The molecule has 0 saturated heterocycles. The molecule has 2 nitrogen and oxygen atoms in total. The summed E-state index contributed by atoms with van der Waals surface area (Å²) in [5, 5.41) is 0. The van der Waals surface area contributed by atoms with E-state index in [4.69, 9.17) is 0 Å². The third-order valence-electron chi connectivity index (χ3n) is 5.63. The minimum atomic E-state index is -4.37. The normalized spacial score (nSPS) is 20.4. The minimum Gasteiger partial charge on any atom is -0.333 e. The summed E-state index contributed by atoms with van der Waals surface area (Å²) in [6.45, 7) is 0. The van der Waals surface area contributed by atoms with Crippen molar-refractivity contribution >= 4 is 5.91 Å². The van der Waals surface area contributed by atoms with Gasteiger partial charge < -0.3 is 4.90 Å². The SMILES string of the molecule is O=C(c1ccc(C(F)(F)F)cc1)N(C1CCCCC1)C1CCCCC1. The molecule has 0 spiro atoms. The largest absolute Gasteiger partial charge is 0.416 e. The number of hydrogen-bond donors (Lipinski definition) is 0. The van der Waals surface area contributed by atoms with E-state index in [1.54, 1.807) is 0 Å². The average Bonchev–Trinajstić information content (AvgIpc) is 2.63. The van der Waals surface area contributed by atoms with Crippen LogP contribution in [0.1, 0.15) is 80.1 Å². The second-order valence-corrected chi connectivity index (χ2v) is 7.37. The average molecular weight is 353 g/mol. The smallest absolute Gasteiger partial charge is 0.333 e. The molecule has 2 saturated carbocycles. The quantitative estimate of drug-likeness (QED) is 0.671. The number of carbonyl (C=O) groups excluding carboxylic acids is 1. The number of rotatable bonds is 3. The number of amides is 1. The Hall–Kier alpha value is -1.52. The van der Waals surface area contributed by atoms with Crippen molar-refractivity contribution in [2.75, 3.05) is 0 Å². The Morgan fingerprint density at radius 2 is 1.24 bits per heavy atom. The number of carbonyl (C=O) groups is 1. The Morgan fingerprint density at radius 1 is 0.800 bits per heavy atom. The van der Waals surface area contributed by atoms with Gasteiger partial charge in [-0.3, -0.25) is 4.79 Å². The molecule has 0 radical (unpaired) electrons. The van der Waals surface area contributed by atoms with E-state index in [2.05, 4.69) is 0 Å². The van der Waals surface area contributed by atoms with Gasteiger partial charge in [0, 0.05) is 17.6 Å². The molecule has 0 atom stereocenters. The van der Waals surface area contributed by atoms with E-state index in [9.17, 15) is 18.0 Å². The summed E-state index contributed by atoms with van der Waals surface area (Å²) < 4.78 is 38.3. The molecule has 25 heavy (non-hydrogen) atoms. The molecule has 1 aromatic rings. The summed E-state index contributed by atoms with van der Waals surface area (Å²) in [6.07, 6.45) is 6.66. The number of benzene rings is 1. The first-order valence-corrected chi connectivity index (χ1v) is 9.47. The third-order valence-corrected chi connectivity index (χ3v) is 5.63. The van der Waals surface area contributed by atoms with Crippen molar-refractivity contribution in [3.8, 4) is 0 Å². The van der Waals surface area contributed by atoms with Crippen molar-refractivity contribution in [2.45, 2.75) is 82.5 Å². The first kappa shape index (κ1) is 18.3. The van der Waals surface area contributed by atoms with Gasteiger partial charge in [0.2, 0.25) is 0 Å². The standard InChI is InChI=1S/C20H26F3NO/c21-20(22,23)16-13-11-15(12-14-16)19(25)24(17-7-3-1-4-8-17)18-9-5-2-6-10-18/h11-14,17-18H,1-10H2. The summed E-state index contributed by atoms with van der Waals surface area (Å²) in [5.41, 5.74) is -0.324. The molecule has 0 aromatic heterocycles. The number of halogens is 3. The van der Waals surface area contributed by atoms with E-state index in [1.807, 2.05) is 4.90 Å². The van der Waals surface area contributed by atoms with Crippen molar-refractivity contribution in [3.05, 3.63) is 35.4 Å². The number of hydrogen-bond acceptors (Lipinski definition) is 1. The molecule has 0 unspecified atom stereocenters. The molecule has 138 valence electrons. The Labute approximate surface area is 147 Å². The van der Waals surface area contributed by atoms with Crippen LogP contribution >= 0.6 is 0 Å². The van der Waals surface area contributed by atoms with Crippen LogP contribution in [0.25, 0.3) is 0 Å². The molecule has 0 heterocycles. The van der Waals surface area contributed by atoms with Crippen LogP contribution in [0, 0.1) is 0 Å². The van der Waals surface area contributed by atoms with E-state index in [0.717, 1.165) is 63.5 Å². The molecule has 5 heteroatoms. The van der Waals surface area contributed by atoms with Gasteiger partial charge in [-0.2, -0.15) is 13.2 Å². The third kappa shape index (κ3) is 4.36. The van der Waals surface area contributed by atoms with E-state index < -0.39 is 11.7 Å². The Bertz CT molecular complexity index is 552. The van der Waals surface area contributed by atoms with Crippen molar-refractivity contribution in [2.24, 2.45) is 0 Å². The topological polar surface area (TPSA) is 20.3 Å². The van der Waals surface area contributed by atoms with Crippen molar-refractivity contribution in [1.29, 1.82) is 0 Å². The molecule has 2 aliphatic rings. The van der Waals surface area contributed by atoms with Gasteiger partial charge in [-0.15, -0.1) is 0 Å². The summed E-state index contributed by atoms with van der Waals surface area (Å²) in [7, 11) is 0. The summed E-state index contributed by atoms with van der Waals surface area (Å²) in [4.78, 5) is 15.2. The molecule has 0 aliphatic heterocycles. The highest BCUT2D eigenvalue weighted by atomic mass is 19.4. The van der Waals surface area contributed by atoms with Crippen LogP contribution in [0.2, 0.25) is 0 Å². The maximum Gasteiger partial charge on any atom is 0.416 e. The molecular weight excluding hydrogens is 327 g/mol. The van der Waals surface area contributed by atoms with Crippen LogP contribution in [0.5, 0.6) is 0 Å².